The average Bonchev–Trinajstić information content (AvgIpc) is 4.11. The van der Waals surface area contributed by atoms with E-state index in [0.717, 1.165) is 113 Å². The number of unbranched alkanes of at least 4 members (excludes halogenated alkanes) is 12. The number of rotatable bonds is 20. The van der Waals surface area contributed by atoms with E-state index < -0.39 is 0 Å². The van der Waals surface area contributed by atoms with Crippen LogP contribution in [-0.4, -0.2) is 39.9 Å². The lowest BCUT2D eigenvalue weighted by Crippen LogP contribution is -1.85. The van der Waals surface area contributed by atoms with Gasteiger partial charge in [-0.05, 0) is 75.6 Å². The third-order valence-electron chi connectivity index (χ3n) is 11.8. The molecule has 2 aliphatic heterocycles. The summed E-state index contributed by atoms with van der Waals surface area (Å²) in [6.07, 6.45) is 24.0. The molecule has 8 bridgehead atoms. The van der Waals surface area contributed by atoms with E-state index in [0.29, 0.717) is 0 Å². The normalized spacial score (nSPS) is 12.3. The summed E-state index contributed by atoms with van der Waals surface area (Å²) in [5, 5.41) is 2.21. The molecular formula is C48H58N8S4. The minimum atomic E-state index is 0.719. The van der Waals surface area contributed by atoms with Crippen LogP contribution in [0.1, 0.15) is 150 Å². The number of aryl methyl sites for hydroxylation is 4. The molecular weight excluding hydrogens is 817 g/mol. The molecule has 0 fully saturated rings. The van der Waals surface area contributed by atoms with E-state index in [-0.39, 0.29) is 0 Å². The summed E-state index contributed by atoms with van der Waals surface area (Å²) in [6.45, 7) is 9.10. The smallest absolute Gasteiger partial charge is 0.174 e. The highest BCUT2D eigenvalue weighted by molar-refractivity contribution is 7.20. The highest BCUT2D eigenvalue weighted by atomic mass is 32.1. The van der Waals surface area contributed by atoms with Crippen LogP contribution in [0.4, 0.5) is 0 Å². The van der Waals surface area contributed by atoms with E-state index >= 15 is 0 Å². The maximum absolute atomic E-state index is 5.39. The number of hydrogen-bond acceptors (Lipinski definition) is 10. The Morgan fingerprint density at radius 1 is 0.367 bits per heavy atom. The van der Waals surface area contributed by atoms with Crippen LogP contribution in [0.5, 0.6) is 0 Å². The molecule has 0 radical (unpaired) electrons. The zero-order valence-electron chi connectivity index (χ0n) is 35.8. The Labute approximate surface area is 369 Å². The van der Waals surface area contributed by atoms with Crippen molar-refractivity contribution in [3.8, 4) is 44.2 Å². The Morgan fingerprint density at radius 3 is 1.08 bits per heavy atom. The van der Waals surface area contributed by atoms with E-state index in [1.165, 1.54) is 122 Å². The quantitative estimate of drug-likeness (QED) is 0.0738. The number of nitrogens with one attached hydrogen (secondary N) is 2. The van der Waals surface area contributed by atoms with Crippen LogP contribution in [0.15, 0.2) is 24.3 Å². The molecule has 0 aromatic carbocycles. The molecule has 0 atom stereocenters. The Bertz CT molecular complexity index is 2420. The maximum Gasteiger partial charge on any atom is 0.174 e. The van der Waals surface area contributed by atoms with Crippen molar-refractivity contribution in [1.29, 1.82) is 0 Å². The molecule has 314 valence electrons. The molecule has 9 rings (SSSR count). The van der Waals surface area contributed by atoms with Crippen LogP contribution in [0, 0.1) is 0 Å². The molecule has 60 heavy (non-hydrogen) atoms. The lowest BCUT2D eigenvalue weighted by atomic mass is 10.1. The fourth-order valence-electron chi connectivity index (χ4n) is 8.51. The van der Waals surface area contributed by atoms with Gasteiger partial charge in [0, 0.05) is 41.4 Å². The molecule has 8 nitrogen and oxygen atoms in total. The second-order valence-electron chi connectivity index (χ2n) is 16.7. The molecule has 7 aromatic rings. The third kappa shape index (κ3) is 8.76. The molecule has 0 saturated heterocycles. The van der Waals surface area contributed by atoms with Crippen LogP contribution in [-0.2, 0) is 25.7 Å². The van der Waals surface area contributed by atoms with Gasteiger partial charge >= 0.3 is 0 Å². The first-order valence-electron chi connectivity index (χ1n) is 22.9. The van der Waals surface area contributed by atoms with E-state index in [1.807, 2.05) is 45.3 Å². The fraction of sp³-hybridized carbons (Fsp3) is 0.500. The largest absolute Gasteiger partial charge is 0.323 e. The van der Waals surface area contributed by atoms with Crippen LogP contribution >= 0.6 is 45.3 Å². The Balaban J connectivity index is 1.26. The summed E-state index contributed by atoms with van der Waals surface area (Å²) in [6, 6.07) is 9.34. The van der Waals surface area contributed by atoms with Gasteiger partial charge in [-0.2, -0.15) is 0 Å². The van der Waals surface area contributed by atoms with Crippen molar-refractivity contribution in [1.82, 2.24) is 39.9 Å². The Hall–Kier alpha value is -3.84. The van der Waals surface area contributed by atoms with Crippen molar-refractivity contribution < 1.29 is 0 Å². The fourth-order valence-corrected chi connectivity index (χ4v) is 13.1. The van der Waals surface area contributed by atoms with Gasteiger partial charge in [0.1, 0.15) is 11.3 Å². The molecule has 0 amide bonds. The Morgan fingerprint density at radius 2 is 0.717 bits per heavy atom. The molecule has 9 heterocycles. The monoisotopic (exact) mass is 874 g/mol. The first-order valence-corrected chi connectivity index (χ1v) is 26.1. The van der Waals surface area contributed by atoms with Crippen molar-refractivity contribution in [3.63, 3.8) is 0 Å². The second kappa shape index (κ2) is 19.1. The molecule has 2 aliphatic rings. The minimum Gasteiger partial charge on any atom is -0.323 e. The molecule has 12 heteroatoms. The molecule has 7 aromatic heterocycles. The first-order chi connectivity index (χ1) is 29.5. The van der Waals surface area contributed by atoms with Crippen molar-refractivity contribution in [2.45, 2.75) is 156 Å². The summed E-state index contributed by atoms with van der Waals surface area (Å²) in [7, 11) is 0. The van der Waals surface area contributed by atoms with Crippen LogP contribution in [0.2, 0.25) is 0 Å². The molecule has 0 unspecified atom stereocenters. The van der Waals surface area contributed by atoms with Crippen LogP contribution < -0.4 is 0 Å². The topological polar surface area (TPSA) is 109 Å². The zero-order valence-corrected chi connectivity index (χ0v) is 39.0. The van der Waals surface area contributed by atoms with Gasteiger partial charge in [0.2, 0.25) is 0 Å². The van der Waals surface area contributed by atoms with Crippen molar-refractivity contribution in [2.24, 2.45) is 0 Å². The van der Waals surface area contributed by atoms with Gasteiger partial charge in [-0.1, -0.05) is 105 Å². The number of nitrogens with zero attached hydrogens (tertiary/aromatic N) is 6. The zero-order chi connectivity index (χ0) is 41.0. The van der Waals surface area contributed by atoms with Crippen LogP contribution in [0.3, 0.4) is 0 Å². The number of aromatic amines is 2. The van der Waals surface area contributed by atoms with Crippen molar-refractivity contribution in [3.05, 3.63) is 43.8 Å². The van der Waals surface area contributed by atoms with E-state index in [9.17, 15) is 0 Å². The van der Waals surface area contributed by atoms with E-state index in [1.54, 1.807) is 0 Å². The highest BCUT2D eigenvalue weighted by Gasteiger charge is 2.26. The summed E-state index contributed by atoms with van der Waals surface area (Å²) in [5.41, 5.74) is 5.39. The third-order valence-corrected chi connectivity index (χ3v) is 16.6. The predicted molar refractivity (Wildman–Crippen MR) is 259 cm³/mol. The number of aromatic nitrogens is 8. The van der Waals surface area contributed by atoms with Gasteiger partial charge in [-0.3, -0.25) is 0 Å². The summed E-state index contributed by atoms with van der Waals surface area (Å²) in [5.74, 6) is 2.89. The van der Waals surface area contributed by atoms with Gasteiger partial charge in [0.05, 0.1) is 19.2 Å². The molecule has 0 aliphatic carbocycles. The SMILES string of the molecule is CCCCCCc1cc2c(s1)-c1nc-2nc2[nH]c(nc3nc(nc4[nH]c(n1)c1cc(CCCCCC)sc41)-c1cc(CCCCCC)sc1-3)c1cc(CCCCCC)sc21. The summed E-state index contributed by atoms with van der Waals surface area (Å²) >= 11 is 7.35. The standard InChI is InChI=1S/C48H58N8S4/c1-5-9-13-17-21-29-25-33-37(57-29)45-49-41(33)53-46-38-35(27-31(58-38)23-19-15-11-7-3)43(51-46)55-48-40-36(28-32(60-40)24-20-16-12-8-4)44(52-48)56-47-39-34(42(50-47)54-45)26-30(59-39)22-18-14-10-6-2/h25-28H,5-24H2,1-4H3,(H2,49,50,51,52,53,54,55,56). The van der Waals surface area contributed by atoms with E-state index in [2.05, 4.69) is 61.9 Å². The summed E-state index contributed by atoms with van der Waals surface area (Å²) < 4.78 is 2.26. The number of thiophene rings is 4. The molecule has 2 N–H and O–H groups in total. The van der Waals surface area contributed by atoms with Gasteiger partial charge < -0.3 is 9.97 Å². The maximum atomic E-state index is 5.39. The number of H-pyrrole nitrogens is 2. The van der Waals surface area contributed by atoms with Gasteiger partial charge in [-0.15, -0.1) is 45.3 Å². The number of hydrogen-bond donors (Lipinski definition) is 2. The second-order valence-corrected chi connectivity index (χ2v) is 21.2. The summed E-state index contributed by atoms with van der Waals surface area (Å²) in [4.78, 5) is 47.1. The average molecular weight is 875 g/mol. The van der Waals surface area contributed by atoms with Crippen molar-refractivity contribution in [2.75, 3.05) is 0 Å². The molecule has 0 spiro atoms. The highest BCUT2D eigenvalue weighted by Crippen LogP contribution is 2.44. The van der Waals surface area contributed by atoms with Gasteiger partial charge in [0.25, 0.3) is 0 Å². The lowest BCUT2D eigenvalue weighted by molar-refractivity contribution is 0.670. The predicted octanol–water partition coefficient (Wildman–Crippen LogP) is 15.6. The minimum absolute atomic E-state index is 0.719. The van der Waals surface area contributed by atoms with Crippen molar-refractivity contribution >= 4 is 88.1 Å². The first kappa shape index (κ1) is 41.5. The molecule has 0 saturated carbocycles. The number of fused-ring (bicyclic) bond motifs is 20. The van der Waals surface area contributed by atoms with Gasteiger partial charge in [0.15, 0.2) is 34.6 Å². The Kier molecular flexibility index (Phi) is 13.2. The van der Waals surface area contributed by atoms with Crippen LogP contribution in [0.25, 0.3) is 86.9 Å². The van der Waals surface area contributed by atoms with Gasteiger partial charge in [-0.25, -0.2) is 29.9 Å². The lowest BCUT2D eigenvalue weighted by Gasteiger charge is -1.97. The van der Waals surface area contributed by atoms with E-state index in [4.69, 9.17) is 29.9 Å².